The van der Waals surface area contributed by atoms with Crippen molar-refractivity contribution in [3.8, 4) is 0 Å². The zero-order chi connectivity index (χ0) is 16.3. The maximum absolute atomic E-state index is 9.09. The van der Waals surface area contributed by atoms with Crippen LogP contribution in [0.1, 0.15) is 84.0 Å². The number of allylic oxidation sites excluding steroid dienone is 2. The number of aliphatic hydroxyl groups excluding tert-OH is 2. The third-order valence-corrected chi connectivity index (χ3v) is 3.82. The monoisotopic (exact) mass is 314 g/mol. The smallest absolute Gasteiger partial charge is 0.100 e. The molecule has 0 saturated carbocycles. The highest BCUT2D eigenvalue weighted by Crippen LogP contribution is 2.10. The van der Waals surface area contributed by atoms with Gasteiger partial charge in [-0.3, -0.25) is 0 Å². The average molecular weight is 315 g/mol. The van der Waals surface area contributed by atoms with Gasteiger partial charge < -0.3 is 14.9 Å². The van der Waals surface area contributed by atoms with E-state index in [2.05, 4.69) is 19.1 Å². The molecule has 3 heteroatoms. The molecule has 0 spiro atoms. The van der Waals surface area contributed by atoms with Crippen molar-refractivity contribution in [3.05, 3.63) is 12.2 Å². The van der Waals surface area contributed by atoms with Crippen LogP contribution in [-0.4, -0.2) is 36.1 Å². The SMILES string of the molecule is CCCC/C=C/CCCCCCCCCCOCC(O)CO. The van der Waals surface area contributed by atoms with Gasteiger partial charge in [0.1, 0.15) is 6.10 Å². The van der Waals surface area contributed by atoms with Crippen molar-refractivity contribution in [2.24, 2.45) is 0 Å². The Morgan fingerprint density at radius 3 is 1.95 bits per heavy atom. The van der Waals surface area contributed by atoms with E-state index >= 15 is 0 Å². The number of hydrogen-bond donors (Lipinski definition) is 2. The molecule has 0 aromatic rings. The van der Waals surface area contributed by atoms with Gasteiger partial charge in [-0.1, -0.05) is 70.4 Å². The molecule has 0 aliphatic carbocycles. The third-order valence-electron chi connectivity index (χ3n) is 3.82. The summed E-state index contributed by atoms with van der Waals surface area (Å²) in [5.74, 6) is 0. The molecule has 0 aliphatic heterocycles. The second-order valence-electron chi connectivity index (χ2n) is 6.14. The number of ether oxygens (including phenoxy) is 1. The van der Waals surface area contributed by atoms with E-state index in [1.807, 2.05) is 0 Å². The standard InChI is InChI=1S/C19H38O3/c1-2-3-4-5-6-7-8-9-10-11-12-13-14-15-16-22-18-19(21)17-20/h5-6,19-21H,2-4,7-18H2,1H3/b6-5+. The molecule has 0 aromatic carbocycles. The van der Waals surface area contributed by atoms with E-state index in [0.29, 0.717) is 6.61 Å². The van der Waals surface area contributed by atoms with Crippen LogP contribution in [0.15, 0.2) is 12.2 Å². The summed E-state index contributed by atoms with van der Waals surface area (Å²) in [5.41, 5.74) is 0. The van der Waals surface area contributed by atoms with E-state index in [1.54, 1.807) is 0 Å². The van der Waals surface area contributed by atoms with Crippen LogP contribution < -0.4 is 0 Å². The van der Waals surface area contributed by atoms with Crippen molar-refractivity contribution in [1.82, 2.24) is 0 Å². The lowest BCUT2D eigenvalue weighted by Crippen LogP contribution is -2.19. The molecule has 0 rings (SSSR count). The summed E-state index contributed by atoms with van der Waals surface area (Å²) in [7, 11) is 0. The fourth-order valence-corrected chi connectivity index (χ4v) is 2.36. The maximum Gasteiger partial charge on any atom is 0.100 e. The van der Waals surface area contributed by atoms with E-state index in [-0.39, 0.29) is 13.2 Å². The lowest BCUT2D eigenvalue weighted by molar-refractivity contribution is 0.00526. The first-order chi connectivity index (χ1) is 10.8. The highest BCUT2D eigenvalue weighted by atomic mass is 16.5. The van der Waals surface area contributed by atoms with E-state index in [9.17, 15) is 0 Å². The molecule has 3 nitrogen and oxygen atoms in total. The fourth-order valence-electron chi connectivity index (χ4n) is 2.36. The Morgan fingerprint density at radius 1 is 0.818 bits per heavy atom. The van der Waals surface area contributed by atoms with Gasteiger partial charge in [0.2, 0.25) is 0 Å². The lowest BCUT2D eigenvalue weighted by atomic mass is 10.1. The van der Waals surface area contributed by atoms with Crippen LogP contribution in [0.5, 0.6) is 0 Å². The molecule has 0 saturated heterocycles. The number of unbranched alkanes of at least 4 members (excludes halogenated alkanes) is 10. The minimum absolute atomic E-state index is 0.214. The Hall–Kier alpha value is -0.380. The fraction of sp³-hybridized carbons (Fsp3) is 0.895. The van der Waals surface area contributed by atoms with E-state index < -0.39 is 6.10 Å². The van der Waals surface area contributed by atoms with Crippen molar-refractivity contribution in [2.75, 3.05) is 19.8 Å². The van der Waals surface area contributed by atoms with Gasteiger partial charge in [0.25, 0.3) is 0 Å². The van der Waals surface area contributed by atoms with Crippen LogP contribution in [-0.2, 0) is 4.74 Å². The first-order valence-corrected chi connectivity index (χ1v) is 9.33. The highest BCUT2D eigenvalue weighted by Gasteiger charge is 2.00. The number of hydrogen-bond acceptors (Lipinski definition) is 3. The van der Waals surface area contributed by atoms with Crippen LogP contribution in [0.4, 0.5) is 0 Å². The Bertz CT molecular complexity index is 229. The molecule has 1 atom stereocenters. The number of rotatable bonds is 17. The minimum Gasteiger partial charge on any atom is -0.394 e. The Kier molecular flexibility index (Phi) is 18.3. The van der Waals surface area contributed by atoms with Crippen LogP contribution in [0.2, 0.25) is 0 Å². The molecule has 0 radical (unpaired) electrons. The summed E-state index contributed by atoms with van der Waals surface area (Å²) < 4.78 is 5.28. The van der Waals surface area contributed by atoms with Gasteiger partial charge in [0.05, 0.1) is 13.2 Å². The molecule has 0 bridgehead atoms. The Balaban J connectivity index is 3.04. The normalized spacial score (nSPS) is 13.0. The van der Waals surface area contributed by atoms with Gasteiger partial charge in [0.15, 0.2) is 0 Å². The first kappa shape index (κ1) is 21.6. The van der Waals surface area contributed by atoms with Gasteiger partial charge in [-0.15, -0.1) is 0 Å². The molecule has 132 valence electrons. The lowest BCUT2D eigenvalue weighted by Gasteiger charge is -2.07. The van der Waals surface area contributed by atoms with E-state index in [1.165, 1.54) is 70.6 Å². The Morgan fingerprint density at radius 2 is 1.36 bits per heavy atom. The first-order valence-electron chi connectivity index (χ1n) is 9.33. The van der Waals surface area contributed by atoms with Crippen molar-refractivity contribution >= 4 is 0 Å². The van der Waals surface area contributed by atoms with Crippen molar-refractivity contribution < 1.29 is 14.9 Å². The summed E-state index contributed by atoms with van der Waals surface area (Å²) >= 11 is 0. The van der Waals surface area contributed by atoms with Gasteiger partial charge in [-0.25, -0.2) is 0 Å². The zero-order valence-electron chi connectivity index (χ0n) is 14.6. The van der Waals surface area contributed by atoms with Gasteiger partial charge in [0, 0.05) is 6.61 Å². The maximum atomic E-state index is 9.09. The van der Waals surface area contributed by atoms with Crippen molar-refractivity contribution in [1.29, 1.82) is 0 Å². The predicted octanol–water partition coefficient (Wildman–Crippen LogP) is 4.61. The summed E-state index contributed by atoms with van der Waals surface area (Å²) in [6, 6.07) is 0. The minimum atomic E-state index is -0.721. The van der Waals surface area contributed by atoms with E-state index in [0.717, 1.165) is 6.42 Å². The van der Waals surface area contributed by atoms with Crippen LogP contribution >= 0.6 is 0 Å². The second-order valence-corrected chi connectivity index (χ2v) is 6.14. The van der Waals surface area contributed by atoms with Gasteiger partial charge >= 0.3 is 0 Å². The molecule has 0 aromatic heterocycles. The molecule has 2 N–H and O–H groups in total. The third kappa shape index (κ3) is 17.7. The molecule has 0 amide bonds. The summed E-state index contributed by atoms with van der Waals surface area (Å²) in [4.78, 5) is 0. The largest absolute Gasteiger partial charge is 0.394 e. The number of aliphatic hydroxyl groups is 2. The van der Waals surface area contributed by atoms with Crippen LogP contribution in [0.3, 0.4) is 0 Å². The summed E-state index contributed by atoms with van der Waals surface area (Å²) in [6.07, 6.45) is 19.4. The zero-order valence-corrected chi connectivity index (χ0v) is 14.6. The summed E-state index contributed by atoms with van der Waals surface area (Å²) in [5, 5.41) is 17.7. The van der Waals surface area contributed by atoms with Crippen molar-refractivity contribution in [2.45, 2.75) is 90.1 Å². The van der Waals surface area contributed by atoms with Crippen LogP contribution in [0, 0.1) is 0 Å². The average Bonchev–Trinajstić information content (AvgIpc) is 2.54. The van der Waals surface area contributed by atoms with Gasteiger partial charge in [-0.2, -0.15) is 0 Å². The molecular weight excluding hydrogens is 276 g/mol. The quantitative estimate of drug-likeness (QED) is 0.304. The Labute approximate surface area is 137 Å². The molecule has 22 heavy (non-hydrogen) atoms. The predicted molar refractivity (Wildman–Crippen MR) is 94.1 cm³/mol. The molecule has 1 unspecified atom stereocenters. The van der Waals surface area contributed by atoms with Gasteiger partial charge in [-0.05, 0) is 25.7 Å². The molecular formula is C19H38O3. The second kappa shape index (κ2) is 18.7. The van der Waals surface area contributed by atoms with Crippen molar-refractivity contribution in [3.63, 3.8) is 0 Å². The molecule has 0 heterocycles. The van der Waals surface area contributed by atoms with E-state index in [4.69, 9.17) is 14.9 Å². The molecule has 0 fully saturated rings. The summed E-state index contributed by atoms with van der Waals surface area (Å²) in [6.45, 7) is 2.97. The highest BCUT2D eigenvalue weighted by molar-refractivity contribution is 4.81. The topological polar surface area (TPSA) is 49.7 Å². The van der Waals surface area contributed by atoms with Crippen LogP contribution in [0.25, 0.3) is 0 Å². The molecule has 0 aliphatic rings.